The Morgan fingerprint density at radius 1 is 1.07 bits per heavy atom. The first kappa shape index (κ1) is 11.8. The number of benzene rings is 1. The lowest BCUT2D eigenvalue weighted by Gasteiger charge is -2.02. The summed E-state index contributed by atoms with van der Waals surface area (Å²) in [5, 5.41) is 0. The van der Waals surface area contributed by atoms with Gasteiger partial charge in [0.15, 0.2) is 0 Å². The fourth-order valence-electron chi connectivity index (χ4n) is 0.738. The van der Waals surface area contributed by atoms with Crippen LogP contribution in [-0.4, -0.2) is 16.8 Å². The Morgan fingerprint density at radius 2 is 1.67 bits per heavy atom. The van der Waals surface area contributed by atoms with Crippen molar-refractivity contribution in [3.63, 3.8) is 0 Å². The Kier molecular flexibility index (Phi) is 4.39. The monoisotopic (exact) mass is 248 g/mol. The van der Waals surface area contributed by atoms with E-state index in [4.69, 9.17) is 23.2 Å². The van der Waals surface area contributed by atoms with Crippen LogP contribution in [0.3, 0.4) is 0 Å². The van der Waals surface area contributed by atoms with E-state index < -0.39 is 16.8 Å². The molecule has 0 amide bonds. The summed E-state index contributed by atoms with van der Waals surface area (Å²) in [6, 6.07) is 8.04. The lowest BCUT2D eigenvalue weighted by Crippen LogP contribution is -2.16. The predicted octanol–water partition coefficient (Wildman–Crippen LogP) is 2.11. The molecule has 0 aliphatic heterocycles. The number of carbonyl (C=O) groups is 2. The minimum atomic E-state index is -1.38. The molecular formula is C9H6Cl2O4. The summed E-state index contributed by atoms with van der Waals surface area (Å²) in [4.78, 5) is 28.8. The van der Waals surface area contributed by atoms with Gasteiger partial charge >= 0.3 is 11.9 Å². The summed E-state index contributed by atoms with van der Waals surface area (Å²) in [6.45, 7) is 0. The van der Waals surface area contributed by atoms with Crippen molar-refractivity contribution in [3.05, 3.63) is 35.9 Å². The molecule has 0 radical (unpaired) electrons. The van der Waals surface area contributed by atoms with E-state index in [2.05, 4.69) is 9.78 Å². The van der Waals surface area contributed by atoms with Crippen LogP contribution < -0.4 is 0 Å². The van der Waals surface area contributed by atoms with Crippen molar-refractivity contribution in [2.75, 3.05) is 0 Å². The minimum Gasteiger partial charge on any atom is -0.244 e. The highest BCUT2D eigenvalue weighted by molar-refractivity contribution is 6.52. The van der Waals surface area contributed by atoms with Crippen molar-refractivity contribution in [1.82, 2.24) is 0 Å². The van der Waals surface area contributed by atoms with Gasteiger partial charge in [-0.1, -0.05) is 41.4 Å². The summed E-state index contributed by atoms with van der Waals surface area (Å²) in [5.74, 6) is -1.83. The van der Waals surface area contributed by atoms with Crippen LogP contribution in [0.25, 0.3) is 0 Å². The molecule has 4 nitrogen and oxygen atoms in total. The van der Waals surface area contributed by atoms with E-state index in [1.807, 2.05) is 0 Å². The van der Waals surface area contributed by atoms with Crippen LogP contribution in [0.2, 0.25) is 0 Å². The highest BCUT2D eigenvalue weighted by atomic mass is 35.5. The van der Waals surface area contributed by atoms with Gasteiger partial charge in [0, 0.05) is 0 Å². The summed E-state index contributed by atoms with van der Waals surface area (Å²) >= 11 is 10.3. The first-order valence-corrected chi connectivity index (χ1v) is 4.74. The van der Waals surface area contributed by atoms with Crippen molar-refractivity contribution in [3.8, 4) is 0 Å². The molecule has 0 aliphatic rings. The smallest absolute Gasteiger partial charge is 0.244 e. The Morgan fingerprint density at radius 3 is 2.20 bits per heavy atom. The SMILES string of the molecule is O=C(OOC(=O)C(Cl)Cl)c1ccccc1. The molecule has 80 valence electrons. The maximum Gasteiger partial charge on any atom is 0.388 e. The number of hydrogen-bond acceptors (Lipinski definition) is 4. The van der Waals surface area contributed by atoms with Gasteiger partial charge < -0.3 is 0 Å². The van der Waals surface area contributed by atoms with E-state index in [9.17, 15) is 9.59 Å². The zero-order valence-corrected chi connectivity index (χ0v) is 8.86. The molecular weight excluding hydrogens is 243 g/mol. The number of rotatable bonds is 2. The number of hydrogen-bond donors (Lipinski definition) is 0. The maximum absolute atomic E-state index is 11.2. The predicted molar refractivity (Wildman–Crippen MR) is 53.4 cm³/mol. The van der Waals surface area contributed by atoms with Crippen LogP contribution in [-0.2, 0) is 14.6 Å². The van der Waals surface area contributed by atoms with Gasteiger partial charge in [0.05, 0.1) is 5.56 Å². The molecule has 0 N–H and O–H groups in total. The summed E-state index contributed by atoms with van der Waals surface area (Å²) in [7, 11) is 0. The normalized spacial score (nSPS) is 9.80. The van der Waals surface area contributed by atoms with Gasteiger partial charge in [0.2, 0.25) is 4.84 Å². The highest BCUT2D eigenvalue weighted by Gasteiger charge is 2.17. The third-order valence-electron chi connectivity index (χ3n) is 1.39. The van der Waals surface area contributed by atoms with E-state index in [-0.39, 0.29) is 5.56 Å². The van der Waals surface area contributed by atoms with Crippen molar-refractivity contribution in [2.45, 2.75) is 4.84 Å². The third-order valence-corrected chi connectivity index (χ3v) is 1.74. The molecule has 0 unspecified atom stereocenters. The molecule has 0 bridgehead atoms. The number of alkyl halides is 2. The second-order valence-corrected chi connectivity index (χ2v) is 3.54. The highest BCUT2D eigenvalue weighted by Crippen LogP contribution is 2.06. The molecule has 15 heavy (non-hydrogen) atoms. The van der Waals surface area contributed by atoms with E-state index in [1.54, 1.807) is 18.2 Å². The van der Waals surface area contributed by atoms with Gasteiger partial charge in [-0.2, -0.15) is 0 Å². The third kappa shape index (κ3) is 3.77. The van der Waals surface area contributed by atoms with E-state index in [1.165, 1.54) is 12.1 Å². The van der Waals surface area contributed by atoms with E-state index in [0.717, 1.165) is 0 Å². The van der Waals surface area contributed by atoms with E-state index >= 15 is 0 Å². The van der Waals surface area contributed by atoms with Crippen molar-refractivity contribution < 1.29 is 19.4 Å². The van der Waals surface area contributed by atoms with Crippen molar-refractivity contribution in [2.24, 2.45) is 0 Å². The second-order valence-electron chi connectivity index (χ2n) is 2.44. The molecule has 0 aliphatic carbocycles. The largest absolute Gasteiger partial charge is 0.388 e. The van der Waals surface area contributed by atoms with E-state index in [0.29, 0.717) is 0 Å². The van der Waals surface area contributed by atoms with Crippen molar-refractivity contribution in [1.29, 1.82) is 0 Å². The number of carbonyl (C=O) groups excluding carboxylic acids is 2. The van der Waals surface area contributed by atoms with Crippen molar-refractivity contribution >= 4 is 35.1 Å². The summed E-state index contributed by atoms with van der Waals surface area (Å²) in [6.07, 6.45) is 0. The summed E-state index contributed by atoms with van der Waals surface area (Å²) in [5.41, 5.74) is 0.256. The molecule has 0 heterocycles. The molecule has 1 aromatic carbocycles. The number of halogens is 2. The molecule has 1 rings (SSSR count). The molecule has 0 spiro atoms. The second kappa shape index (κ2) is 5.58. The Balaban J connectivity index is 2.48. The van der Waals surface area contributed by atoms with Gasteiger partial charge in [-0.15, -0.1) is 0 Å². The lowest BCUT2D eigenvalue weighted by atomic mass is 10.2. The van der Waals surface area contributed by atoms with Gasteiger partial charge in [-0.25, -0.2) is 19.4 Å². The Bertz CT molecular complexity index is 350. The molecule has 0 saturated carbocycles. The van der Waals surface area contributed by atoms with Crippen LogP contribution >= 0.6 is 23.2 Å². The molecule has 0 fully saturated rings. The van der Waals surface area contributed by atoms with Crippen LogP contribution in [0.1, 0.15) is 10.4 Å². The zero-order valence-electron chi connectivity index (χ0n) is 7.35. The first-order chi connectivity index (χ1) is 7.11. The molecule has 0 aromatic heterocycles. The van der Waals surface area contributed by atoms with Crippen LogP contribution in [0.5, 0.6) is 0 Å². The average molecular weight is 249 g/mol. The van der Waals surface area contributed by atoms with Gasteiger partial charge in [0.1, 0.15) is 0 Å². The fraction of sp³-hybridized carbons (Fsp3) is 0.111. The maximum atomic E-state index is 11.2. The van der Waals surface area contributed by atoms with Gasteiger partial charge in [-0.3, -0.25) is 0 Å². The lowest BCUT2D eigenvalue weighted by molar-refractivity contribution is -0.231. The molecule has 6 heteroatoms. The average Bonchev–Trinajstić information content (AvgIpc) is 2.26. The standard InChI is InChI=1S/C9H6Cl2O4/c10-7(11)9(13)15-14-8(12)6-4-2-1-3-5-6/h1-5,7H. The first-order valence-electron chi connectivity index (χ1n) is 3.87. The quantitative estimate of drug-likeness (QED) is 0.457. The van der Waals surface area contributed by atoms with Crippen LogP contribution in [0, 0.1) is 0 Å². The molecule has 0 atom stereocenters. The topological polar surface area (TPSA) is 52.6 Å². The zero-order chi connectivity index (χ0) is 11.3. The molecule has 1 aromatic rings. The molecule has 0 saturated heterocycles. The minimum absolute atomic E-state index is 0.256. The summed E-state index contributed by atoms with van der Waals surface area (Å²) < 4.78 is 0. The Hall–Kier alpha value is -1.26. The van der Waals surface area contributed by atoms with Crippen LogP contribution in [0.4, 0.5) is 0 Å². The van der Waals surface area contributed by atoms with Gasteiger partial charge in [0.25, 0.3) is 0 Å². The fourth-order valence-corrected chi connectivity index (χ4v) is 0.810. The van der Waals surface area contributed by atoms with Gasteiger partial charge in [-0.05, 0) is 12.1 Å². The van der Waals surface area contributed by atoms with Crippen LogP contribution in [0.15, 0.2) is 30.3 Å². The Labute approximate surface area is 95.6 Å².